The molecule has 0 spiro atoms. The van der Waals surface area contributed by atoms with E-state index in [0.717, 1.165) is 17.1 Å². The number of aromatic nitrogens is 2. The second-order valence-electron chi connectivity index (χ2n) is 7.10. The van der Waals surface area contributed by atoms with Gasteiger partial charge in [0, 0.05) is 17.8 Å². The second kappa shape index (κ2) is 7.36. The lowest BCUT2D eigenvalue weighted by Crippen LogP contribution is -2.25. The van der Waals surface area contributed by atoms with Crippen molar-refractivity contribution in [1.29, 1.82) is 0 Å². The predicted octanol–water partition coefficient (Wildman–Crippen LogP) is 3.28. The Kier molecular flexibility index (Phi) is 4.87. The maximum Gasteiger partial charge on any atom is 0.255 e. The number of rotatable bonds is 4. The summed E-state index contributed by atoms with van der Waals surface area (Å²) in [6, 6.07) is 16.1. The number of para-hydroxylation sites is 2. The maximum absolute atomic E-state index is 12.9. The fraction of sp³-hybridized carbons (Fsp3) is 0.238. The van der Waals surface area contributed by atoms with E-state index in [0.29, 0.717) is 29.9 Å². The summed E-state index contributed by atoms with van der Waals surface area (Å²) in [5.41, 5.74) is 4.16. The van der Waals surface area contributed by atoms with Crippen LogP contribution in [0.3, 0.4) is 0 Å². The zero-order valence-electron chi connectivity index (χ0n) is 16.3. The smallest absolute Gasteiger partial charge is 0.255 e. The Bertz CT molecular complexity index is 1180. The number of benzene rings is 2. The van der Waals surface area contributed by atoms with Crippen molar-refractivity contribution in [3.8, 4) is 5.69 Å². The Morgan fingerprint density at radius 2 is 1.86 bits per heavy atom. The summed E-state index contributed by atoms with van der Waals surface area (Å²) in [5.74, 6) is -0.170. The van der Waals surface area contributed by atoms with Gasteiger partial charge < -0.3 is 5.32 Å². The second-order valence-corrected chi connectivity index (χ2v) is 9.12. The summed E-state index contributed by atoms with van der Waals surface area (Å²) in [7, 11) is -3.30. The molecule has 0 bridgehead atoms. The molecule has 0 atom stereocenters. The van der Waals surface area contributed by atoms with Crippen LogP contribution in [0.15, 0.2) is 54.6 Å². The van der Waals surface area contributed by atoms with Gasteiger partial charge in [0.25, 0.3) is 5.91 Å². The fourth-order valence-electron chi connectivity index (χ4n) is 3.56. The van der Waals surface area contributed by atoms with Crippen LogP contribution < -0.4 is 9.62 Å². The lowest BCUT2D eigenvalue weighted by atomic mass is 10.1. The summed E-state index contributed by atoms with van der Waals surface area (Å²) >= 11 is 0. The first-order valence-corrected chi connectivity index (χ1v) is 11.0. The number of anilines is 2. The highest BCUT2D eigenvalue weighted by Gasteiger charge is 2.28. The average Bonchev–Trinajstić information content (AvgIpc) is 3.22. The third-order valence-corrected chi connectivity index (χ3v) is 6.76. The summed E-state index contributed by atoms with van der Waals surface area (Å²) < 4.78 is 27.5. The number of carbonyl (C=O) groups excluding carboxylic acids is 1. The van der Waals surface area contributed by atoms with Crippen LogP contribution in [0.25, 0.3) is 5.69 Å². The van der Waals surface area contributed by atoms with Crippen molar-refractivity contribution >= 4 is 27.3 Å². The molecule has 2 heterocycles. The van der Waals surface area contributed by atoms with E-state index in [9.17, 15) is 13.2 Å². The Morgan fingerprint density at radius 3 is 2.55 bits per heavy atom. The zero-order valence-corrected chi connectivity index (χ0v) is 17.1. The number of carbonyl (C=O) groups is 1. The van der Waals surface area contributed by atoms with Gasteiger partial charge in [0.05, 0.1) is 28.5 Å². The van der Waals surface area contributed by atoms with E-state index in [1.54, 1.807) is 28.9 Å². The van der Waals surface area contributed by atoms with Gasteiger partial charge in [0.15, 0.2) is 0 Å². The number of nitrogens with one attached hydrogen (secondary N) is 1. The molecule has 1 aromatic heterocycles. The SMILES string of the molecule is Cc1cc(C)n(-c2ccccc2NC(=O)c2cccc(N3CCCS3(=O)=O)c2)n1. The molecule has 1 saturated heterocycles. The van der Waals surface area contributed by atoms with Gasteiger partial charge in [-0.1, -0.05) is 18.2 Å². The van der Waals surface area contributed by atoms with Crippen molar-refractivity contribution in [2.75, 3.05) is 21.9 Å². The van der Waals surface area contributed by atoms with Gasteiger partial charge in [-0.3, -0.25) is 9.10 Å². The molecular formula is C21H22N4O3S. The Morgan fingerprint density at radius 1 is 1.07 bits per heavy atom. The lowest BCUT2D eigenvalue weighted by Gasteiger charge is -2.18. The molecule has 0 aliphatic carbocycles. The molecule has 1 N–H and O–H groups in total. The van der Waals surface area contributed by atoms with Crippen LogP contribution in [0.5, 0.6) is 0 Å². The maximum atomic E-state index is 12.9. The molecule has 4 rings (SSSR count). The van der Waals surface area contributed by atoms with Crippen molar-refractivity contribution in [2.45, 2.75) is 20.3 Å². The molecule has 1 aliphatic heterocycles. The first kappa shape index (κ1) is 19.2. The minimum absolute atomic E-state index is 0.138. The molecule has 2 aromatic carbocycles. The van der Waals surface area contributed by atoms with Crippen LogP contribution in [-0.4, -0.2) is 36.4 Å². The number of hydrogen-bond acceptors (Lipinski definition) is 4. The van der Waals surface area contributed by atoms with Crippen LogP contribution in [0.4, 0.5) is 11.4 Å². The van der Waals surface area contributed by atoms with Gasteiger partial charge in [-0.25, -0.2) is 13.1 Å². The van der Waals surface area contributed by atoms with Crippen LogP contribution >= 0.6 is 0 Å². The predicted molar refractivity (Wildman–Crippen MR) is 113 cm³/mol. The third kappa shape index (κ3) is 3.75. The van der Waals surface area contributed by atoms with Crippen molar-refractivity contribution < 1.29 is 13.2 Å². The van der Waals surface area contributed by atoms with E-state index < -0.39 is 10.0 Å². The van der Waals surface area contributed by atoms with Gasteiger partial charge in [0.2, 0.25) is 10.0 Å². The minimum Gasteiger partial charge on any atom is -0.320 e. The molecule has 150 valence electrons. The summed E-state index contributed by atoms with van der Waals surface area (Å²) in [6.45, 7) is 4.31. The Labute approximate surface area is 170 Å². The van der Waals surface area contributed by atoms with Gasteiger partial charge >= 0.3 is 0 Å². The molecule has 0 saturated carbocycles. The highest BCUT2D eigenvalue weighted by molar-refractivity contribution is 7.93. The summed E-state index contributed by atoms with van der Waals surface area (Å²) in [6.07, 6.45) is 0.592. The quantitative estimate of drug-likeness (QED) is 0.715. The number of amides is 1. The normalized spacial score (nSPS) is 15.4. The van der Waals surface area contributed by atoms with E-state index in [1.165, 1.54) is 4.31 Å². The van der Waals surface area contributed by atoms with Crippen molar-refractivity contribution in [1.82, 2.24) is 9.78 Å². The topological polar surface area (TPSA) is 84.3 Å². The highest BCUT2D eigenvalue weighted by Crippen LogP contribution is 2.26. The van der Waals surface area contributed by atoms with Crippen molar-refractivity contribution in [3.05, 3.63) is 71.5 Å². The molecule has 29 heavy (non-hydrogen) atoms. The summed E-state index contributed by atoms with van der Waals surface area (Å²) in [4.78, 5) is 12.9. The molecule has 8 heteroatoms. The van der Waals surface area contributed by atoms with Gasteiger partial charge in [-0.15, -0.1) is 0 Å². The number of sulfonamides is 1. The molecule has 7 nitrogen and oxygen atoms in total. The lowest BCUT2D eigenvalue weighted by molar-refractivity contribution is 0.102. The molecule has 1 aliphatic rings. The largest absolute Gasteiger partial charge is 0.320 e. The molecule has 1 fully saturated rings. The standard InChI is InChI=1S/C21H22N4O3S/c1-15-13-16(2)25(23-15)20-10-4-3-9-19(20)22-21(26)17-7-5-8-18(14-17)24-11-6-12-29(24,27)28/h3-5,7-10,13-14H,6,11-12H2,1-2H3,(H,22,26). The monoisotopic (exact) mass is 410 g/mol. The van der Waals surface area contributed by atoms with E-state index in [1.807, 2.05) is 44.2 Å². The fourth-order valence-corrected chi connectivity index (χ4v) is 5.12. The minimum atomic E-state index is -3.30. The number of nitrogens with zero attached hydrogens (tertiary/aromatic N) is 3. The van der Waals surface area contributed by atoms with Gasteiger partial charge in [-0.2, -0.15) is 5.10 Å². The Balaban J connectivity index is 1.63. The average molecular weight is 410 g/mol. The van der Waals surface area contributed by atoms with Gasteiger partial charge in [-0.05, 0) is 56.7 Å². The van der Waals surface area contributed by atoms with E-state index in [4.69, 9.17) is 0 Å². The Hall–Kier alpha value is -3.13. The summed E-state index contributed by atoms with van der Waals surface area (Å²) in [5, 5.41) is 7.43. The van der Waals surface area contributed by atoms with Crippen LogP contribution in [0, 0.1) is 13.8 Å². The zero-order chi connectivity index (χ0) is 20.6. The third-order valence-electron chi connectivity index (χ3n) is 4.89. The molecule has 1 amide bonds. The van der Waals surface area contributed by atoms with Crippen LogP contribution in [0.1, 0.15) is 28.2 Å². The number of aryl methyl sites for hydroxylation is 2. The first-order chi connectivity index (χ1) is 13.8. The molecule has 3 aromatic rings. The first-order valence-electron chi connectivity index (χ1n) is 9.40. The van der Waals surface area contributed by atoms with Crippen molar-refractivity contribution in [3.63, 3.8) is 0 Å². The van der Waals surface area contributed by atoms with Crippen LogP contribution in [0.2, 0.25) is 0 Å². The van der Waals surface area contributed by atoms with Gasteiger partial charge in [0.1, 0.15) is 0 Å². The van der Waals surface area contributed by atoms with Crippen LogP contribution in [-0.2, 0) is 10.0 Å². The number of hydrogen-bond donors (Lipinski definition) is 1. The van der Waals surface area contributed by atoms with E-state index in [-0.39, 0.29) is 11.7 Å². The van der Waals surface area contributed by atoms with E-state index in [2.05, 4.69) is 10.4 Å². The molecule has 0 unspecified atom stereocenters. The molecular weight excluding hydrogens is 388 g/mol. The highest BCUT2D eigenvalue weighted by atomic mass is 32.2. The molecule has 0 radical (unpaired) electrons. The van der Waals surface area contributed by atoms with E-state index >= 15 is 0 Å². The van der Waals surface area contributed by atoms with Crippen molar-refractivity contribution in [2.24, 2.45) is 0 Å².